The van der Waals surface area contributed by atoms with Crippen molar-refractivity contribution >= 4 is 33.5 Å². The van der Waals surface area contributed by atoms with Crippen LogP contribution in [-0.4, -0.2) is 21.8 Å². The van der Waals surface area contributed by atoms with Gasteiger partial charge in [-0.25, -0.2) is 13.1 Å². The molecule has 1 N–H and O–H groups in total. The summed E-state index contributed by atoms with van der Waals surface area (Å²) in [6, 6.07) is 31.2. The van der Waals surface area contributed by atoms with Crippen molar-refractivity contribution < 1.29 is 13.2 Å². The first-order valence-corrected chi connectivity index (χ1v) is 15.9. The molecule has 0 amide bonds. The summed E-state index contributed by atoms with van der Waals surface area (Å²) >= 11 is 1.64. The molecule has 0 aliphatic carbocycles. The van der Waals surface area contributed by atoms with Crippen molar-refractivity contribution in [3.63, 3.8) is 0 Å². The van der Waals surface area contributed by atoms with Gasteiger partial charge < -0.3 is 4.74 Å². The zero-order valence-corrected chi connectivity index (χ0v) is 24.7. The molecule has 198 valence electrons. The Balaban J connectivity index is 1.82. The zero-order chi connectivity index (χ0) is 27.3. The lowest BCUT2D eigenvalue weighted by Gasteiger charge is -2.39. The number of thioether (sulfide) groups is 1. The van der Waals surface area contributed by atoms with Gasteiger partial charge in [-0.05, 0) is 80.6 Å². The Morgan fingerprint density at radius 3 is 1.89 bits per heavy atom. The van der Waals surface area contributed by atoms with Crippen LogP contribution in [-0.2, 0) is 27.3 Å². The first-order chi connectivity index (χ1) is 18.3. The molecule has 0 fully saturated rings. The van der Waals surface area contributed by atoms with Crippen LogP contribution in [0.15, 0.2) is 112 Å². The summed E-state index contributed by atoms with van der Waals surface area (Å²) < 4.78 is 36.4. The average molecular weight is 564 g/mol. The van der Waals surface area contributed by atoms with Crippen LogP contribution >= 0.6 is 11.8 Å². The van der Waals surface area contributed by atoms with Gasteiger partial charge in [-0.2, -0.15) is 11.8 Å². The molecule has 0 saturated heterocycles. The molecule has 0 saturated carbocycles. The maximum atomic E-state index is 13.8. The van der Waals surface area contributed by atoms with Crippen LogP contribution in [0.25, 0.3) is 0 Å². The molecule has 4 atom stereocenters. The van der Waals surface area contributed by atoms with Crippen LogP contribution in [0.1, 0.15) is 34.4 Å². The minimum absolute atomic E-state index is 0.212. The molecule has 0 aromatic heterocycles. The molecule has 4 nitrogen and oxygen atoms in total. The highest BCUT2D eigenvalue weighted by Gasteiger charge is 2.40. The summed E-state index contributed by atoms with van der Waals surface area (Å²) in [5.41, 5.74) is 3.34. The molecule has 38 heavy (non-hydrogen) atoms. The van der Waals surface area contributed by atoms with Gasteiger partial charge in [-0.15, -0.1) is 0 Å². The number of ether oxygens (including phenoxy) is 1. The highest BCUT2D eigenvalue weighted by molar-refractivity contribution is 7.99. The van der Waals surface area contributed by atoms with Gasteiger partial charge in [0.1, 0.15) is 16.7 Å². The van der Waals surface area contributed by atoms with Gasteiger partial charge in [0.2, 0.25) is 0 Å². The van der Waals surface area contributed by atoms with E-state index in [1.807, 2.05) is 117 Å². The summed E-state index contributed by atoms with van der Waals surface area (Å²) in [5, 5.41) is -0.212. The van der Waals surface area contributed by atoms with Crippen LogP contribution in [0.3, 0.4) is 0 Å². The summed E-state index contributed by atoms with van der Waals surface area (Å²) in [7, 11) is -1.23. The van der Waals surface area contributed by atoms with E-state index in [2.05, 4.69) is 11.6 Å². The predicted molar refractivity (Wildman–Crippen MR) is 160 cm³/mol. The maximum Gasteiger partial charge on any atom is 0.125 e. The van der Waals surface area contributed by atoms with Crippen molar-refractivity contribution in [3.05, 3.63) is 119 Å². The molecular formula is C31H33NO3S3. The third kappa shape index (κ3) is 6.12. The van der Waals surface area contributed by atoms with Crippen molar-refractivity contribution in [1.82, 2.24) is 4.72 Å². The highest BCUT2D eigenvalue weighted by atomic mass is 32.2. The lowest BCUT2D eigenvalue weighted by atomic mass is 9.86. The Labute approximate surface area is 235 Å². The maximum absolute atomic E-state index is 13.8. The molecule has 0 aliphatic heterocycles. The Morgan fingerprint density at radius 1 is 0.789 bits per heavy atom. The van der Waals surface area contributed by atoms with Gasteiger partial charge in [0.05, 0.1) is 33.6 Å². The molecule has 0 unspecified atom stereocenters. The average Bonchev–Trinajstić information content (AvgIpc) is 2.94. The van der Waals surface area contributed by atoms with E-state index >= 15 is 0 Å². The zero-order valence-electron chi connectivity index (χ0n) is 22.3. The molecule has 0 heterocycles. The third-order valence-corrected chi connectivity index (χ3v) is 10.6. The van der Waals surface area contributed by atoms with Crippen LogP contribution in [0.4, 0.5) is 0 Å². The van der Waals surface area contributed by atoms with E-state index in [9.17, 15) is 8.42 Å². The van der Waals surface area contributed by atoms with Crippen LogP contribution in [0, 0.1) is 13.8 Å². The molecule has 0 spiro atoms. The van der Waals surface area contributed by atoms with Gasteiger partial charge in [0, 0.05) is 9.79 Å². The Bertz CT molecular complexity index is 1420. The molecule has 7 heteroatoms. The fourth-order valence-electron chi connectivity index (χ4n) is 4.44. The minimum Gasteiger partial charge on any atom is -0.497 e. The Morgan fingerprint density at radius 2 is 1.34 bits per heavy atom. The molecular weight excluding hydrogens is 531 g/mol. The molecule has 4 aromatic rings. The minimum atomic E-state index is -1.49. The van der Waals surface area contributed by atoms with Crippen molar-refractivity contribution in [3.8, 4) is 5.75 Å². The fraction of sp³-hybridized carbons (Fsp3) is 0.226. The standard InChI is InChI=1S/C31H33NO3S3/c1-22-10-18-26(19-11-22)37(33)29-9-7-6-8-28(29)30(36-5)31(3,24-14-16-25(35-4)17-15-24)32-38(34)27-20-12-23(2)13-21-27/h6-21,30,32H,1-5H3/t30-,31+,37-,38-/m0/s1. The first kappa shape index (κ1) is 28.3. The predicted octanol–water partition coefficient (Wildman–Crippen LogP) is 7.11. The normalized spacial score (nSPS) is 15.3. The van der Waals surface area contributed by atoms with Crippen LogP contribution in [0.2, 0.25) is 0 Å². The Kier molecular flexibility index (Phi) is 9.26. The summed E-state index contributed by atoms with van der Waals surface area (Å²) in [6.07, 6.45) is 2.04. The highest BCUT2D eigenvalue weighted by Crippen LogP contribution is 2.46. The summed E-state index contributed by atoms with van der Waals surface area (Å²) in [5.74, 6) is 0.748. The second-order valence-corrected chi connectivity index (χ2v) is 13.0. The largest absolute Gasteiger partial charge is 0.497 e. The number of benzene rings is 4. The van der Waals surface area contributed by atoms with E-state index < -0.39 is 27.3 Å². The quantitative estimate of drug-likeness (QED) is 0.223. The van der Waals surface area contributed by atoms with Gasteiger partial charge >= 0.3 is 0 Å². The van der Waals surface area contributed by atoms with Crippen molar-refractivity contribution in [2.75, 3.05) is 13.4 Å². The number of nitrogens with one attached hydrogen (secondary N) is 1. The molecule has 0 radical (unpaired) electrons. The van der Waals surface area contributed by atoms with E-state index in [0.717, 1.165) is 37.8 Å². The van der Waals surface area contributed by atoms with Crippen molar-refractivity contribution in [1.29, 1.82) is 0 Å². The van der Waals surface area contributed by atoms with E-state index in [-0.39, 0.29) is 5.25 Å². The second-order valence-electron chi connectivity index (χ2n) is 9.35. The molecule has 4 aromatic carbocycles. The summed E-state index contributed by atoms with van der Waals surface area (Å²) in [6.45, 7) is 6.09. The number of methoxy groups -OCH3 is 1. The first-order valence-electron chi connectivity index (χ1n) is 12.3. The van der Waals surface area contributed by atoms with E-state index in [0.29, 0.717) is 4.90 Å². The van der Waals surface area contributed by atoms with E-state index in [4.69, 9.17) is 4.74 Å². The fourth-order valence-corrected chi connectivity index (χ4v) is 8.08. The number of hydrogen-bond acceptors (Lipinski definition) is 4. The van der Waals surface area contributed by atoms with Gasteiger partial charge in [-0.3, -0.25) is 0 Å². The number of rotatable bonds is 10. The molecule has 0 aliphatic rings. The topological polar surface area (TPSA) is 55.4 Å². The smallest absolute Gasteiger partial charge is 0.125 e. The lowest BCUT2D eigenvalue weighted by molar-refractivity contribution is 0.410. The van der Waals surface area contributed by atoms with Crippen LogP contribution < -0.4 is 9.46 Å². The number of aryl methyl sites for hydroxylation is 2. The van der Waals surface area contributed by atoms with Crippen LogP contribution in [0.5, 0.6) is 5.75 Å². The van der Waals surface area contributed by atoms with Crippen molar-refractivity contribution in [2.24, 2.45) is 0 Å². The third-order valence-electron chi connectivity index (χ3n) is 6.63. The van der Waals surface area contributed by atoms with Gasteiger partial charge in [0.15, 0.2) is 0 Å². The van der Waals surface area contributed by atoms with Gasteiger partial charge in [0.25, 0.3) is 0 Å². The van der Waals surface area contributed by atoms with E-state index in [1.165, 1.54) is 0 Å². The SMILES string of the molecule is COc1ccc([C@@](C)(N[S@@](=O)c2ccc(C)cc2)[C@@H](SC)c2ccccc2[S@@](=O)c2ccc(C)cc2)cc1. The van der Waals surface area contributed by atoms with Gasteiger partial charge in [-0.1, -0.05) is 65.7 Å². The Hall–Kier alpha value is -2.71. The van der Waals surface area contributed by atoms with Crippen molar-refractivity contribution in [2.45, 2.75) is 46.2 Å². The second kappa shape index (κ2) is 12.4. The monoisotopic (exact) mass is 563 g/mol. The van der Waals surface area contributed by atoms with E-state index in [1.54, 1.807) is 18.9 Å². The summed E-state index contributed by atoms with van der Waals surface area (Å²) in [4.78, 5) is 2.20. The molecule has 0 bridgehead atoms. The lowest BCUT2D eigenvalue weighted by Crippen LogP contribution is -2.45. The molecule has 4 rings (SSSR count). The number of hydrogen-bond donors (Lipinski definition) is 1.